The van der Waals surface area contributed by atoms with Gasteiger partial charge in [0.1, 0.15) is 5.82 Å². The van der Waals surface area contributed by atoms with Crippen LogP contribution in [0.1, 0.15) is 6.42 Å². The zero-order valence-electron chi connectivity index (χ0n) is 9.84. The smallest absolute Gasteiger partial charge is 0.167 e. The van der Waals surface area contributed by atoms with Crippen LogP contribution in [0.3, 0.4) is 0 Å². The van der Waals surface area contributed by atoms with Crippen molar-refractivity contribution in [1.82, 2.24) is 5.32 Å². The summed E-state index contributed by atoms with van der Waals surface area (Å²) < 4.78 is 36.1. The first-order valence-electron chi connectivity index (χ1n) is 5.54. The molecular weight excluding hydrogens is 228 g/mol. The molecule has 0 aliphatic carbocycles. The van der Waals surface area contributed by atoms with Gasteiger partial charge in [0.2, 0.25) is 0 Å². The van der Waals surface area contributed by atoms with Crippen LogP contribution in [0.4, 0.5) is 8.78 Å². The van der Waals surface area contributed by atoms with Gasteiger partial charge in [0, 0.05) is 25.6 Å². The molecular formula is C12H17F2NO2. The number of ether oxygens (including phenoxy) is 2. The molecule has 0 atom stereocenters. The fourth-order valence-corrected chi connectivity index (χ4v) is 1.21. The molecule has 0 aliphatic heterocycles. The van der Waals surface area contributed by atoms with E-state index in [0.717, 1.165) is 12.6 Å². The van der Waals surface area contributed by atoms with E-state index in [1.165, 1.54) is 12.1 Å². The Morgan fingerprint density at radius 2 is 2.00 bits per heavy atom. The second-order valence-corrected chi connectivity index (χ2v) is 3.49. The molecule has 1 N–H and O–H groups in total. The summed E-state index contributed by atoms with van der Waals surface area (Å²) in [7, 11) is 1.85. The molecule has 0 heterocycles. The van der Waals surface area contributed by atoms with Gasteiger partial charge < -0.3 is 14.8 Å². The average molecular weight is 245 g/mol. The Labute approximate surface area is 99.7 Å². The van der Waals surface area contributed by atoms with Gasteiger partial charge >= 0.3 is 0 Å². The summed E-state index contributed by atoms with van der Waals surface area (Å²) >= 11 is 0. The molecule has 0 fully saturated rings. The van der Waals surface area contributed by atoms with Gasteiger partial charge in [0.05, 0.1) is 13.2 Å². The molecule has 5 heteroatoms. The number of hydrogen-bond acceptors (Lipinski definition) is 3. The number of halogens is 2. The first kappa shape index (κ1) is 13.9. The van der Waals surface area contributed by atoms with Gasteiger partial charge in [0.15, 0.2) is 11.6 Å². The molecule has 0 radical (unpaired) electrons. The van der Waals surface area contributed by atoms with Crippen LogP contribution in [-0.2, 0) is 4.74 Å². The van der Waals surface area contributed by atoms with E-state index in [0.29, 0.717) is 26.2 Å². The van der Waals surface area contributed by atoms with E-state index in [1.54, 1.807) is 0 Å². The van der Waals surface area contributed by atoms with Crippen LogP contribution in [0.25, 0.3) is 0 Å². The zero-order chi connectivity index (χ0) is 12.5. The average Bonchev–Trinajstić information content (AvgIpc) is 2.30. The SMILES string of the molecule is CNCCOCCCOc1ccc(F)cc1F. The maximum absolute atomic E-state index is 13.1. The second kappa shape index (κ2) is 7.97. The molecule has 0 aliphatic rings. The summed E-state index contributed by atoms with van der Waals surface area (Å²) in [5.74, 6) is -1.21. The van der Waals surface area contributed by atoms with Crippen molar-refractivity contribution in [2.75, 3.05) is 33.4 Å². The molecule has 0 bridgehead atoms. The Balaban J connectivity index is 2.14. The lowest BCUT2D eigenvalue weighted by Gasteiger charge is -2.07. The van der Waals surface area contributed by atoms with Crippen molar-refractivity contribution in [1.29, 1.82) is 0 Å². The fraction of sp³-hybridized carbons (Fsp3) is 0.500. The molecule has 0 saturated carbocycles. The fourth-order valence-electron chi connectivity index (χ4n) is 1.21. The highest BCUT2D eigenvalue weighted by Gasteiger charge is 2.04. The van der Waals surface area contributed by atoms with Gasteiger partial charge in [-0.2, -0.15) is 0 Å². The molecule has 0 spiro atoms. The monoisotopic (exact) mass is 245 g/mol. The maximum atomic E-state index is 13.1. The van der Waals surface area contributed by atoms with E-state index in [-0.39, 0.29) is 5.75 Å². The Kier molecular flexibility index (Phi) is 6.50. The van der Waals surface area contributed by atoms with Crippen LogP contribution in [0.15, 0.2) is 18.2 Å². The predicted octanol–water partition coefficient (Wildman–Crippen LogP) is 1.97. The quantitative estimate of drug-likeness (QED) is 0.710. The third-order valence-corrected chi connectivity index (χ3v) is 2.08. The summed E-state index contributed by atoms with van der Waals surface area (Å²) in [4.78, 5) is 0. The Morgan fingerprint density at radius 3 is 2.71 bits per heavy atom. The van der Waals surface area contributed by atoms with Crippen LogP contribution in [0.2, 0.25) is 0 Å². The van der Waals surface area contributed by atoms with Gasteiger partial charge in [-0.05, 0) is 19.2 Å². The molecule has 0 amide bonds. The molecule has 1 aromatic carbocycles. The summed E-state index contributed by atoms with van der Waals surface area (Å²) in [5, 5.41) is 2.96. The molecule has 3 nitrogen and oxygen atoms in total. The summed E-state index contributed by atoms with van der Waals surface area (Å²) in [6.07, 6.45) is 0.667. The zero-order valence-corrected chi connectivity index (χ0v) is 9.84. The van der Waals surface area contributed by atoms with Gasteiger partial charge in [-0.3, -0.25) is 0 Å². The Morgan fingerprint density at radius 1 is 1.18 bits per heavy atom. The minimum Gasteiger partial charge on any atom is -0.490 e. The summed E-state index contributed by atoms with van der Waals surface area (Å²) in [5.41, 5.74) is 0. The number of likely N-dealkylation sites (N-methyl/N-ethyl adjacent to an activating group) is 1. The maximum Gasteiger partial charge on any atom is 0.167 e. The number of hydrogen-bond donors (Lipinski definition) is 1. The highest BCUT2D eigenvalue weighted by Crippen LogP contribution is 2.17. The molecule has 0 aromatic heterocycles. The van der Waals surface area contributed by atoms with Crippen molar-refractivity contribution < 1.29 is 18.3 Å². The van der Waals surface area contributed by atoms with Crippen molar-refractivity contribution in [2.45, 2.75) is 6.42 Å². The highest BCUT2D eigenvalue weighted by atomic mass is 19.1. The van der Waals surface area contributed by atoms with E-state index < -0.39 is 11.6 Å². The van der Waals surface area contributed by atoms with Gasteiger partial charge in [0.25, 0.3) is 0 Å². The van der Waals surface area contributed by atoms with Crippen molar-refractivity contribution in [2.24, 2.45) is 0 Å². The van der Waals surface area contributed by atoms with Gasteiger partial charge in [-0.25, -0.2) is 8.78 Å². The lowest BCUT2D eigenvalue weighted by molar-refractivity contribution is 0.121. The molecule has 0 saturated heterocycles. The van der Waals surface area contributed by atoms with Crippen molar-refractivity contribution in [3.63, 3.8) is 0 Å². The third kappa shape index (κ3) is 5.60. The second-order valence-electron chi connectivity index (χ2n) is 3.49. The Hall–Kier alpha value is -1.20. The van der Waals surface area contributed by atoms with Crippen LogP contribution >= 0.6 is 0 Å². The molecule has 17 heavy (non-hydrogen) atoms. The molecule has 1 rings (SSSR count). The van der Waals surface area contributed by atoms with Crippen molar-refractivity contribution in [3.8, 4) is 5.75 Å². The number of rotatable bonds is 8. The standard InChI is InChI=1S/C12H17F2NO2/c1-15-5-8-16-6-2-7-17-12-4-3-10(13)9-11(12)14/h3-4,9,15H,2,5-8H2,1H3. The minimum absolute atomic E-state index is 0.0709. The largest absolute Gasteiger partial charge is 0.490 e. The molecule has 96 valence electrons. The first-order valence-corrected chi connectivity index (χ1v) is 5.54. The molecule has 0 unspecified atom stereocenters. The highest BCUT2D eigenvalue weighted by molar-refractivity contribution is 5.24. The topological polar surface area (TPSA) is 30.5 Å². The lowest BCUT2D eigenvalue weighted by Crippen LogP contribution is -2.15. The van der Waals surface area contributed by atoms with Crippen LogP contribution in [0, 0.1) is 11.6 Å². The lowest BCUT2D eigenvalue weighted by atomic mass is 10.3. The van der Waals surface area contributed by atoms with Crippen molar-refractivity contribution in [3.05, 3.63) is 29.8 Å². The first-order chi connectivity index (χ1) is 8.24. The number of nitrogens with one attached hydrogen (secondary N) is 1. The van der Waals surface area contributed by atoms with E-state index in [9.17, 15) is 8.78 Å². The van der Waals surface area contributed by atoms with E-state index in [4.69, 9.17) is 9.47 Å². The van der Waals surface area contributed by atoms with E-state index in [2.05, 4.69) is 5.32 Å². The van der Waals surface area contributed by atoms with Gasteiger partial charge in [-0.15, -0.1) is 0 Å². The summed E-state index contributed by atoms with van der Waals surface area (Å²) in [6, 6.07) is 3.26. The van der Waals surface area contributed by atoms with E-state index in [1.807, 2.05) is 7.05 Å². The number of benzene rings is 1. The summed E-state index contributed by atoms with van der Waals surface area (Å²) in [6.45, 7) is 2.35. The van der Waals surface area contributed by atoms with Crippen LogP contribution < -0.4 is 10.1 Å². The Bertz CT molecular complexity index is 334. The van der Waals surface area contributed by atoms with Gasteiger partial charge in [-0.1, -0.05) is 0 Å². The van der Waals surface area contributed by atoms with Crippen LogP contribution in [0.5, 0.6) is 5.75 Å². The van der Waals surface area contributed by atoms with Crippen LogP contribution in [-0.4, -0.2) is 33.4 Å². The normalized spacial score (nSPS) is 10.5. The van der Waals surface area contributed by atoms with Crippen molar-refractivity contribution >= 4 is 0 Å². The third-order valence-electron chi connectivity index (χ3n) is 2.08. The minimum atomic E-state index is -0.680. The molecule has 1 aromatic rings. The predicted molar refractivity (Wildman–Crippen MR) is 61.2 cm³/mol. The van der Waals surface area contributed by atoms with E-state index >= 15 is 0 Å².